The van der Waals surface area contributed by atoms with Crippen LogP contribution in [0.2, 0.25) is 13.1 Å². The van der Waals surface area contributed by atoms with Crippen LogP contribution in [0.5, 0.6) is 0 Å². The first-order valence-electron chi connectivity index (χ1n) is 8.93. The summed E-state index contributed by atoms with van der Waals surface area (Å²) in [5.41, 5.74) is 5.71. The fourth-order valence-electron chi connectivity index (χ4n) is 3.79. The number of rotatable bonds is 3. The van der Waals surface area contributed by atoms with Crippen LogP contribution < -0.4 is 0 Å². The molecule has 0 aromatic heterocycles. The van der Waals surface area contributed by atoms with E-state index in [1.807, 2.05) is 0 Å². The second-order valence-electron chi connectivity index (χ2n) is 7.26. The van der Waals surface area contributed by atoms with Gasteiger partial charge in [0.1, 0.15) is 0 Å². The van der Waals surface area contributed by atoms with Crippen molar-refractivity contribution in [3.8, 4) is 0 Å². The third-order valence-corrected chi connectivity index (χ3v) is 8.74. The molecule has 0 atom stereocenters. The van der Waals surface area contributed by atoms with Crippen LogP contribution in [0.3, 0.4) is 0 Å². The van der Waals surface area contributed by atoms with Crippen LogP contribution in [-0.2, 0) is 20.8 Å². The van der Waals surface area contributed by atoms with E-state index >= 15 is 0 Å². The Morgan fingerprint density at radius 3 is 2.07 bits per heavy atom. The number of fused-ring (bicyclic) bond motifs is 1. The van der Waals surface area contributed by atoms with Gasteiger partial charge in [0.25, 0.3) is 0 Å². The van der Waals surface area contributed by atoms with E-state index < -0.39 is 28.9 Å². The van der Waals surface area contributed by atoms with Gasteiger partial charge in [-0.2, -0.15) is 0 Å². The summed E-state index contributed by atoms with van der Waals surface area (Å²) in [5.74, 6) is 4.19. The van der Waals surface area contributed by atoms with Crippen molar-refractivity contribution in [2.75, 3.05) is 0 Å². The Morgan fingerprint density at radius 1 is 0.852 bits per heavy atom. The van der Waals surface area contributed by atoms with E-state index in [1.165, 1.54) is 34.4 Å². The van der Waals surface area contributed by atoms with E-state index in [4.69, 9.17) is 17.0 Å². The monoisotopic (exact) mass is 486 g/mol. The molecule has 3 aliphatic carbocycles. The van der Waals surface area contributed by atoms with Crippen molar-refractivity contribution in [2.45, 2.75) is 20.0 Å². The average Bonchev–Trinajstić information content (AvgIpc) is 3.31. The van der Waals surface area contributed by atoms with Gasteiger partial charge in [0.2, 0.25) is 0 Å². The first kappa shape index (κ1) is 22.1. The van der Waals surface area contributed by atoms with Crippen LogP contribution in [0.15, 0.2) is 48.6 Å². The first-order valence-corrected chi connectivity index (χ1v) is 18.3. The molecule has 0 N–H and O–H groups in total. The molecule has 3 aliphatic rings. The van der Waals surface area contributed by atoms with Crippen LogP contribution in [0.4, 0.5) is 0 Å². The maximum atomic E-state index is 4.93. The van der Waals surface area contributed by atoms with Crippen molar-refractivity contribution in [3.63, 3.8) is 0 Å². The molecule has 4 heteroatoms. The van der Waals surface area contributed by atoms with Crippen molar-refractivity contribution >= 4 is 25.1 Å². The molecule has 0 amide bonds. The molecule has 0 unspecified atom stereocenters. The minimum atomic E-state index is -1.76. The molecule has 2 fully saturated rings. The minimum absolute atomic E-state index is 0.826. The molecule has 0 heterocycles. The van der Waals surface area contributed by atoms with E-state index in [9.17, 15) is 0 Å². The molecule has 134 valence electrons. The second-order valence-corrected chi connectivity index (χ2v) is 15.3. The normalized spacial score (nSPS) is 21.8. The molecule has 0 nitrogen and oxygen atoms in total. The Hall–Kier alpha value is 0.380. The van der Waals surface area contributed by atoms with Gasteiger partial charge in [0.15, 0.2) is 0 Å². The SMILES string of the molecule is Cc1ccc([C]2[CH][C]3C=CC=C[C]3[C]2[Si](C)(C)[C]2[CH][CH][CH][CH]2)cc1.[Cl][Zr+2][Cl]. The number of hydrogen-bond acceptors (Lipinski definition) is 0. The Labute approximate surface area is 185 Å². The average molecular weight is 489 g/mol. The van der Waals surface area contributed by atoms with Crippen LogP contribution >= 0.6 is 17.0 Å². The summed E-state index contributed by atoms with van der Waals surface area (Å²) in [6.07, 6.45) is 20.2. The zero-order valence-electron chi connectivity index (χ0n) is 15.8. The quantitative estimate of drug-likeness (QED) is 0.423. The molecular weight excluding hydrogens is 466 g/mol. The molecule has 0 spiro atoms. The Bertz CT molecular complexity index is 661. The second kappa shape index (κ2) is 9.92. The molecule has 1 aromatic rings. The summed E-state index contributed by atoms with van der Waals surface area (Å²) < 4.78 is 0. The summed E-state index contributed by atoms with van der Waals surface area (Å²) in [7, 11) is 8.11. The zero-order chi connectivity index (χ0) is 19.4. The zero-order valence-corrected chi connectivity index (χ0v) is 20.7. The molecule has 1 aromatic carbocycles. The van der Waals surface area contributed by atoms with Crippen molar-refractivity contribution in [2.24, 2.45) is 0 Å². The van der Waals surface area contributed by atoms with Gasteiger partial charge in [0.05, 0.1) is 8.07 Å². The van der Waals surface area contributed by atoms with Crippen molar-refractivity contribution in [1.29, 1.82) is 0 Å². The van der Waals surface area contributed by atoms with E-state index in [1.54, 1.807) is 5.54 Å². The molecule has 27 heavy (non-hydrogen) atoms. The number of hydrogen-bond donors (Lipinski definition) is 0. The molecule has 2 saturated carbocycles. The van der Waals surface area contributed by atoms with Crippen LogP contribution in [0.25, 0.3) is 0 Å². The number of benzene rings is 1. The van der Waals surface area contributed by atoms with Crippen LogP contribution in [-0.4, -0.2) is 8.07 Å². The van der Waals surface area contributed by atoms with Crippen molar-refractivity contribution < 1.29 is 20.8 Å². The van der Waals surface area contributed by atoms with E-state index in [-0.39, 0.29) is 0 Å². The fourth-order valence-corrected chi connectivity index (χ4v) is 6.90. The fraction of sp³-hybridized carbons (Fsp3) is 0.130. The van der Waals surface area contributed by atoms with Crippen molar-refractivity contribution in [3.05, 3.63) is 121 Å². The molecule has 0 bridgehead atoms. The third kappa shape index (κ3) is 4.93. The molecule has 0 aliphatic heterocycles. The summed E-state index contributed by atoms with van der Waals surface area (Å²) in [6, 6.07) is 8.97. The molecule has 10 radical (unpaired) electrons. The van der Waals surface area contributed by atoms with E-state index in [0.717, 1.165) is 0 Å². The summed E-state index contributed by atoms with van der Waals surface area (Å²) >= 11 is -0.826. The van der Waals surface area contributed by atoms with Gasteiger partial charge in [-0.25, -0.2) is 0 Å². The predicted octanol–water partition coefficient (Wildman–Crippen LogP) is 6.55. The molecule has 4 rings (SSSR count). The Balaban J connectivity index is 0.000000659. The number of halogens is 2. The van der Waals surface area contributed by atoms with Gasteiger partial charge < -0.3 is 0 Å². The van der Waals surface area contributed by atoms with Gasteiger partial charge in [-0.1, -0.05) is 67.2 Å². The Kier molecular flexibility index (Phi) is 8.11. The summed E-state index contributed by atoms with van der Waals surface area (Å²) in [4.78, 5) is 0. The maximum absolute atomic E-state index is 4.93. The van der Waals surface area contributed by atoms with Crippen molar-refractivity contribution in [1.82, 2.24) is 0 Å². The van der Waals surface area contributed by atoms with E-state index in [2.05, 4.69) is 101 Å². The first-order chi connectivity index (χ1) is 13.0. The number of allylic oxidation sites excluding steroid dienone is 4. The summed E-state index contributed by atoms with van der Waals surface area (Å²) in [6.45, 7) is 7.10. The Morgan fingerprint density at radius 2 is 1.44 bits per heavy atom. The van der Waals surface area contributed by atoms with Gasteiger partial charge >= 0.3 is 37.9 Å². The number of aryl methyl sites for hydroxylation is 1. The van der Waals surface area contributed by atoms with Gasteiger partial charge in [-0.15, -0.1) is 0 Å². The van der Waals surface area contributed by atoms with Crippen LogP contribution in [0, 0.1) is 67.9 Å². The topological polar surface area (TPSA) is 0 Å². The van der Waals surface area contributed by atoms with Gasteiger partial charge in [0, 0.05) is 17.8 Å². The van der Waals surface area contributed by atoms with E-state index in [0.29, 0.717) is 0 Å². The van der Waals surface area contributed by atoms with Gasteiger partial charge in [-0.3, -0.25) is 0 Å². The summed E-state index contributed by atoms with van der Waals surface area (Å²) in [5, 5.41) is 0. The molecule has 0 saturated heterocycles. The third-order valence-electron chi connectivity index (χ3n) is 5.17. The van der Waals surface area contributed by atoms with Gasteiger partial charge in [-0.05, 0) is 55.7 Å². The predicted molar refractivity (Wildman–Crippen MR) is 115 cm³/mol. The standard InChI is InChI=1S/C23H22Si.2ClH.Zr/c1-17-12-14-18(15-13-17)22-16-19-8-4-7-11-21(19)23(22)24(2,3)20-9-5-6-10-20;;;/h4-16H,1-3H3;2*1H;/q;;;+4/p-2. The molecular formula is C23H22Cl2SiZr+2. The van der Waals surface area contributed by atoms with Crippen LogP contribution in [0.1, 0.15) is 11.1 Å².